The Balaban J connectivity index is 1.90. The van der Waals surface area contributed by atoms with Gasteiger partial charge in [0.2, 0.25) is 0 Å². The minimum absolute atomic E-state index is 0.125. The number of H-pyrrole nitrogens is 1. The van der Waals surface area contributed by atoms with Gasteiger partial charge in [0.1, 0.15) is 0 Å². The van der Waals surface area contributed by atoms with Crippen molar-refractivity contribution in [3.63, 3.8) is 0 Å². The number of piperidine rings is 1. The molecule has 2 heterocycles. The minimum Gasteiger partial charge on any atom is -0.399 e. The molecule has 0 bridgehead atoms. The summed E-state index contributed by atoms with van der Waals surface area (Å²) in [5.74, 6) is 0.767. The molecule has 3 N–H and O–H groups in total. The number of nitrogens with zero attached hydrogens (tertiary/aromatic N) is 1. The number of nitrogen functional groups attached to an aromatic ring is 1. The van der Waals surface area contributed by atoms with E-state index in [0.717, 1.165) is 42.4 Å². The molecule has 0 radical (unpaired) electrons. The number of aromatic nitrogens is 1. The molecule has 1 unspecified atom stereocenters. The summed E-state index contributed by atoms with van der Waals surface area (Å²) in [4.78, 5) is 17.9. The minimum atomic E-state index is 0.125. The number of fused-ring (bicyclic) bond motifs is 1. The first-order valence-electron chi connectivity index (χ1n) is 7.35. The molecule has 1 aromatic carbocycles. The summed E-state index contributed by atoms with van der Waals surface area (Å²) < 4.78 is 0. The van der Waals surface area contributed by atoms with Gasteiger partial charge in [-0.3, -0.25) is 4.79 Å². The Morgan fingerprint density at radius 2 is 2.35 bits per heavy atom. The van der Waals surface area contributed by atoms with Crippen molar-refractivity contribution in [2.75, 3.05) is 18.8 Å². The molecule has 0 saturated carbocycles. The molecule has 1 saturated heterocycles. The van der Waals surface area contributed by atoms with Gasteiger partial charge in [-0.1, -0.05) is 13.3 Å². The van der Waals surface area contributed by atoms with Crippen molar-refractivity contribution in [3.05, 3.63) is 30.0 Å². The van der Waals surface area contributed by atoms with Crippen molar-refractivity contribution < 1.29 is 4.79 Å². The molecule has 0 aliphatic carbocycles. The van der Waals surface area contributed by atoms with Crippen LogP contribution in [0.25, 0.3) is 10.9 Å². The summed E-state index contributed by atoms with van der Waals surface area (Å²) >= 11 is 0. The van der Waals surface area contributed by atoms with E-state index in [-0.39, 0.29) is 5.91 Å². The number of likely N-dealkylation sites (tertiary alicyclic amines) is 1. The second-order valence-electron chi connectivity index (χ2n) is 5.68. The van der Waals surface area contributed by atoms with Crippen molar-refractivity contribution in [2.45, 2.75) is 26.2 Å². The van der Waals surface area contributed by atoms with Crippen molar-refractivity contribution in [1.29, 1.82) is 0 Å². The molecule has 1 amide bonds. The average molecular weight is 271 g/mol. The Hall–Kier alpha value is -1.97. The first-order valence-corrected chi connectivity index (χ1v) is 7.35. The number of rotatable bonds is 2. The van der Waals surface area contributed by atoms with Gasteiger partial charge in [0.25, 0.3) is 5.91 Å². The molecule has 4 nitrogen and oxygen atoms in total. The summed E-state index contributed by atoms with van der Waals surface area (Å²) in [5.41, 5.74) is 8.23. The molecule has 2 aromatic rings. The van der Waals surface area contributed by atoms with Crippen LogP contribution in [0, 0.1) is 5.92 Å². The Morgan fingerprint density at radius 1 is 1.50 bits per heavy atom. The van der Waals surface area contributed by atoms with Crippen LogP contribution >= 0.6 is 0 Å². The van der Waals surface area contributed by atoms with E-state index in [9.17, 15) is 4.79 Å². The van der Waals surface area contributed by atoms with Crippen molar-refractivity contribution in [2.24, 2.45) is 5.92 Å². The second-order valence-corrected chi connectivity index (χ2v) is 5.68. The van der Waals surface area contributed by atoms with Crippen LogP contribution in [0.4, 0.5) is 5.69 Å². The summed E-state index contributed by atoms with van der Waals surface area (Å²) in [7, 11) is 0. The molecule has 4 heteroatoms. The summed E-state index contributed by atoms with van der Waals surface area (Å²) in [6.07, 6.45) is 5.29. The molecule has 1 aliphatic heterocycles. The van der Waals surface area contributed by atoms with E-state index >= 15 is 0 Å². The largest absolute Gasteiger partial charge is 0.399 e. The molecular weight excluding hydrogens is 250 g/mol. The van der Waals surface area contributed by atoms with E-state index < -0.39 is 0 Å². The van der Waals surface area contributed by atoms with Gasteiger partial charge in [0.15, 0.2) is 0 Å². The smallest absolute Gasteiger partial charge is 0.256 e. The molecule has 0 spiro atoms. The highest BCUT2D eigenvalue weighted by Crippen LogP contribution is 2.25. The van der Waals surface area contributed by atoms with Crippen LogP contribution in [0.15, 0.2) is 24.4 Å². The van der Waals surface area contributed by atoms with E-state index in [2.05, 4.69) is 11.9 Å². The van der Waals surface area contributed by atoms with E-state index in [1.807, 2.05) is 29.3 Å². The van der Waals surface area contributed by atoms with E-state index in [0.29, 0.717) is 11.6 Å². The van der Waals surface area contributed by atoms with Crippen molar-refractivity contribution in [1.82, 2.24) is 9.88 Å². The lowest BCUT2D eigenvalue weighted by atomic mass is 9.95. The Labute approximate surface area is 118 Å². The number of hydrogen-bond donors (Lipinski definition) is 2. The fourth-order valence-corrected chi connectivity index (χ4v) is 3.07. The molecule has 20 heavy (non-hydrogen) atoms. The molecule has 1 aliphatic rings. The number of carbonyl (C=O) groups excluding carboxylic acids is 1. The molecule has 1 aromatic heterocycles. The van der Waals surface area contributed by atoms with Gasteiger partial charge < -0.3 is 15.6 Å². The predicted octanol–water partition coefficient (Wildman–Crippen LogP) is 3.01. The number of benzene rings is 1. The lowest BCUT2D eigenvalue weighted by Crippen LogP contribution is -2.39. The van der Waals surface area contributed by atoms with Crippen LogP contribution < -0.4 is 5.73 Å². The van der Waals surface area contributed by atoms with Crippen LogP contribution in [-0.2, 0) is 0 Å². The molecule has 3 rings (SSSR count). The summed E-state index contributed by atoms with van der Waals surface area (Å²) in [5, 5.41) is 0.925. The first-order chi connectivity index (χ1) is 9.69. The fraction of sp³-hybridized carbons (Fsp3) is 0.438. The number of anilines is 1. The van der Waals surface area contributed by atoms with Crippen LogP contribution in [0.1, 0.15) is 36.5 Å². The van der Waals surface area contributed by atoms with E-state index in [1.165, 1.54) is 6.42 Å². The van der Waals surface area contributed by atoms with Crippen LogP contribution in [-0.4, -0.2) is 28.9 Å². The van der Waals surface area contributed by atoms with Gasteiger partial charge in [-0.15, -0.1) is 0 Å². The van der Waals surface area contributed by atoms with Crippen LogP contribution in [0.2, 0.25) is 0 Å². The summed E-state index contributed by atoms with van der Waals surface area (Å²) in [6.45, 7) is 3.94. The quantitative estimate of drug-likeness (QED) is 0.825. The number of carbonyl (C=O) groups is 1. The average Bonchev–Trinajstić information content (AvgIpc) is 2.89. The third-order valence-electron chi connectivity index (χ3n) is 4.32. The highest BCUT2D eigenvalue weighted by atomic mass is 16.2. The fourth-order valence-electron chi connectivity index (χ4n) is 3.07. The highest BCUT2D eigenvalue weighted by molar-refractivity contribution is 6.07. The standard InChI is InChI=1S/C16H21N3O/c1-2-11-4-3-7-19(10-11)16(20)14-9-18-15-6-5-12(17)8-13(14)15/h5-6,8-9,11,18H,2-4,7,10,17H2,1H3. The normalized spacial score (nSPS) is 19.4. The van der Waals surface area contributed by atoms with Gasteiger partial charge >= 0.3 is 0 Å². The number of hydrogen-bond acceptors (Lipinski definition) is 2. The number of nitrogens with two attached hydrogens (primary N) is 1. The van der Waals surface area contributed by atoms with Gasteiger partial charge in [-0.25, -0.2) is 0 Å². The maximum atomic E-state index is 12.7. The topological polar surface area (TPSA) is 62.1 Å². The van der Waals surface area contributed by atoms with Crippen molar-refractivity contribution in [3.8, 4) is 0 Å². The van der Waals surface area contributed by atoms with Crippen LogP contribution in [0.5, 0.6) is 0 Å². The Kier molecular flexibility index (Phi) is 3.38. The molecular formula is C16H21N3O. The third kappa shape index (κ3) is 2.26. The first kappa shape index (κ1) is 13.0. The molecule has 1 atom stereocenters. The maximum absolute atomic E-state index is 12.7. The zero-order valence-electron chi connectivity index (χ0n) is 11.9. The van der Waals surface area contributed by atoms with Gasteiger partial charge in [0.05, 0.1) is 5.56 Å². The van der Waals surface area contributed by atoms with Crippen LogP contribution in [0.3, 0.4) is 0 Å². The van der Waals surface area contributed by atoms with E-state index in [4.69, 9.17) is 5.73 Å². The zero-order valence-corrected chi connectivity index (χ0v) is 11.9. The second kappa shape index (κ2) is 5.19. The Bertz CT molecular complexity index is 632. The third-order valence-corrected chi connectivity index (χ3v) is 4.32. The van der Waals surface area contributed by atoms with Crippen molar-refractivity contribution >= 4 is 22.5 Å². The molecule has 106 valence electrons. The predicted molar refractivity (Wildman–Crippen MR) is 81.6 cm³/mol. The van der Waals surface area contributed by atoms with E-state index in [1.54, 1.807) is 0 Å². The lowest BCUT2D eigenvalue weighted by Gasteiger charge is -2.32. The highest BCUT2D eigenvalue weighted by Gasteiger charge is 2.25. The van der Waals surface area contributed by atoms with Gasteiger partial charge in [0, 0.05) is 35.9 Å². The summed E-state index contributed by atoms with van der Waals surface area (Å²) in [6, 6.07) is 5.65. The van der Waals surface area contributed by atoms with Gasteiger partial charge in [-0.05, 0) is 37.0 Å². The lowest BCUT2D eigenvalue weighted by molar-refractivity contribution is 0.0673. The SMILES string of the molecule is CCC1CCCN(C(=O)c2c[nH]c3ccc(N)cc23)C1. The zero-order chi connectivity index (χ0) is 14.1. The van der Waals surface area contributed by atoms with Gasteiger partial charge in [-0.2, -0.15) is 0 Å². The number of amides is 1. The monoisotopic (exact) mass is 271 g/mol. The number of aromatic amines is 1. The maximum Gasteiger partial charge on any atom is 0.256 e. The number of nitrogens with one attached hydrogen (secondary N) is 1. The Morgan fingerprint density at radius 3 is 3.15 bits per heavy atom. The molecule has 1 fully saturated rings.